The van der Waals surface area contributed by atoms with Gasteiger partial charge in [0, 0.05) is 35.7 Å². The second kappa shape index (κ2) is 7.84. The molecular weight excluding hydrogens is 308 g/mol. The lowest BCUT2D eigenvalue weighted by Crippen LogP contribution is -2.59. The van der Waals surface area contributed by atoms with E-state index < -0.39 is 0 Å². The SMILES string of the molecule is CC1CC(C)(C)NCCCN2CN1CCCN(C)C(C)(C)CC2(C)C. The summed E-state index contributed by atoms with van der Waals surface area (Å²) in [5, 5.41) is 3.80. The summed E-state index contributed by atoms with van der Waals surface area (Å²) in [5.74, 6) is 0. The highest BCUT2D eigenvalue weighted by Crippen LogP contribution is 2.32. The van der Waals surface area contributed by atoms with Crippen molar-refractivity contribution in [1.29, 1.82) is 0 Å². The third-order valence-corrected chi connectivity index (χ3v) is 6.68. The largest absolute Gasteiger partial charge is 0.312 e. The molecule has 2 saturated heterocycles. The van der Waals surface area contributed by atoms with Crippen LogP contribution in [0.3, 0.4) is 0 Å². The summed E-state index contributed by atoms with van der Waals surface area (Å²) in [6.45, 7) is 22.7. The molecule has 2 bridgehead atoms. The predicted molar refractivity (Wildman–Crippen MR) is 109 cm³/mol. The lowest BCUT2D eigenvalue weighted by atomic mass is 9.84. The van der Waals surface area contributed by atoms with Crippen LogP contribution >= 0.6 is 0 Å². The number of fused-ring (bicyclic) bond motifs is 2. The molecule has 0 aromatic carbocycles. The summed E-state index contributed by atoms with van der Waals surface area (Å²) < 4.78 is 0. The quantitative estimate of drug-likeness (QED) is 0.721. The topological polar surface area (TPSA) is 21.8 Å². The van der Waals surface area contributed by atoms with Gasteiger partial charge in [-0.25, -0.2) is 0 Å². The lowest BCUT2D eigenvalue weighted by Gasteiger charge is -2.50. The van der Waals surface area contributed by atoms with E-state index in [-0.39, 0.29) is 16.6 Å². The van der Waals surface area contributed by atoms with Crippen LogP contribution in [0.15, 0.2) is 0 Å². The molecule has 0 radical (unpaired) electrons. The van der Waals surface area contributed by atoms with Crippen molar-refractivity contribution in [3.63, 3.8) is 0 Å². The molecule has 1 N–H and O–H groups in total. The summed E-state index contributed by atoms with van der Waals surface area (Å²) in [4.78, 5) is 8.07. The van der Waals surface area contributed by atoms with Gasteiger partial charge < -0.3 is 10.2 Å². The van der Waals surface area contributed by atoms with Crippen molar-refractivity contribution in [3.8, 4) is 0 Å². The molecule has 4 nitrogen and oxygen atoms in total. The van der Waals surface area contributed by atoms with Crippen molar-refractivity contribution in [2.75, 3.05) is 39.9 Å². The van der Waals surface area contributed by atoms with Gasteiger partial charge in [0.15, 0.2) is 0 Å². The minimum Gasteiger partial charge on any atom is -0.312 e. The van der Waals surface area contributed by atoms with E-state index in [1.807, 2.05) is 0 Å². The van der Waals surface area contributed by atoms with Gasteiger partial charge in [-0.1, -0.05) is 0 Å². The second-order valence-corrected chi connectivity index (χ2v) is 10.5. The minimum absolute atomic E-state index is 0.210. The monoisotopic (exact) mass is 352 g/mol. The zero-order valence-electron chi connectivity index (χ0n) is 18.3. The van der Waals surface area contributed by atoms with E-state index in [1.165, 1.54) is 45.3 Å². The van der Waals surface area contributed by atoms with E-state index >= 15 is 0 Å². The number of hydrogen-bond acceptors (Lipinski definition) is 4. The first-order chi connectivity index (χ1) is 11.4. The molecular formula is C21H44N4. The number of rotatable bonds is 0. The Hall–Kier alpha value is -0.160. The van der Waals surface area contributed by atoms with Gasteiger partial charge in [0.1, 0.15) is 0 Å². The molecule has 2 rings (SSSR count). The smallest absolute Gasteiger partial charge is 0.0513 e. The van der Waals surface area contributed by atoms with Gasteiger partial charge in [-0.3, -0.25) is 9.80 Å². The summed E-state index contributed by atoms with van der Waals surface area (Å²) in [6, 6.07) is 0.608. The van der Waals surface area contributed by atoms with Crippen LogP contribution in [0.2, 0.25) is 0 Å². The van der Waals surface area contributed by atoms with Crippen LogP contribution in [0, 0.1) is 0 Å². The summed E-state index contributed by atoms with van der Waals surface area (Å²) in [7, 11) is 2.31. The Bertz CT molecular complexity index is 430. The van der Waals surface area contributed by atoms with Crippen molar-refractivity contribution in [3.05, 3.63) is 0 Å². The first kappa shape index (κ1) is 21.1. The molecule has 2 aliphatic heterocycles. The third kappa shape index (κ3) is 5.66. The fourth-order valence-corrected chi connectivity index (χ4v) is 4.97. The number of hydrogen-bond donors (Lipinski definition) is 1. The molecule has 2 aliphatic rings. The molecule has 148 valence electrons. The number of nitrogens with zero attached hydrogens (tertiary/aromatic N) is 3. The fraction of sp³-hybridized carbons (Fsp3) is 1.00. The molecule has 4 heteroatoms. The Kier molecular flexibility index (Phi) is 6.63. The van der Waals surface area contributed by atoms with Crippen molar-refractivity contribution < 1.29 is 0 Å². The molecule has 0 aliphatic carbocycles. The van der Waals surface area contributed by atoms with Crippen molar-refractivity contribution in [2.24, 2.45) is 0 Å². The fourth-order valence-electron chi connectivity index (χ4n) is 4.97. The molecule has 2 heterocycles. The zero-order chi connectivity index (χ0) is 18.9. The highest BCUT2D eigenvalue weighted by atomic mass is 15.4. The Morgan fingerprint density at radius 2 is 1.56 bits per heavy atom. The van der Waals surface area contributed by atoms with Crippen LogP contribution in [-0.4, -0.2) is 77.3 Å². The van der Waals surface area contributed by atoms with Crippen molar-refractivity contribution >= 4 is 0 Å². The van der Waals surface area contributed by atoms with Gasteiger partial charge in [-0.05, 0) is 94.3 Å². The second-order valence-electron chi connectivity index (χ2n) is 10.5. The van der Waals surface area contributed by atoms with Crippen LogP contribution in [0.25, 0.3) is 0 Å². The standard InChI is InChI=1S/C21H44N4/c1-18-15-19(2,3)22-11-9-14-25-17-24(18)13-10-12-23(8)20(4,5)16-21(25,6)7/h18,22H,9-17H2,1-8H3. The molecule has 0 aromatic heterocycles. The molecule has 25 heavy (non-hydrogen) atoms. The van der Waals surface area contributed by atoms with Crippen LogP contribution in [-0.2, 0) is 0 Å². The van der Waals surface area contributed by atoms with E-state index in [4.69, 9.17) is 0 Å². The van der Waals surface area contributed by atoms with Gasteiger partial charge in [-0.2, -0.15) is 0 Å². The average molecular weight is 353 g/mol. The predicted octanol–water partition coefficient (Wildman–Crippen LogP) is 3.38. The van der Waals surface area contributed by atoms with E-state index in [2.05, 4.69) is 75.5 Å². The molecule has 0 saturated carbocycles. The molecule has 0 spiro atoms. The van der Waals surface area contributed by atoms with Gasteiger partial charge in [0.25, 0.3) is 0 Å². The number of nitrogens with one attached hydrogen (secondary N) is 1. The first-order valence-electron chi connectivity index (χ1n) is 10.4. The van der Waals surface area contributed by atoms with Crippen molar-refractivity contribution in [1.82, 2.24) is 20.0 Å². The van der Waals surface area contributed by atoms with Crippen LogP contribution in [0.5, 0.6) is 0 Å². The van der Waals surface area contributed by atoms with Crippen molar-refractivity contribution in [2.45, 2.75) is 96.8 Å². The highest BCUT2D eigenvalue weighted by Gasteiger charge is 2.38. The molecule has 3 unspecified atom stereocenters. The molecule has 2 fully saturated rings. The van der Waals surface area contributed by atoms with Gasteiger partial charge in [-0.15, -0.1) is 0 Å². The molecule has 0 aromatic rings. The Balaban J connectivity index is 2.27. The Morgan fingerprint density at radius 3 is 2.24 bits per heavy atom. The minimum atomic E-state index is 0.210. The van der Waals surface area contributed by atoms with E-state index in [0.717, 1.165) is 13.2 Å². The highest BCUT2D eigenvalue weighted by molar-refractivity contribution is 4.95. The summed E-state index contributed by atoms with van der Waals surface area (Å²) >= 11 is 0. The zero-order valence-corrected chi connectivity index (χ0v) is 18.3. The van der Waals surface area contributed by atoms with Gasteiger partial charge in [0.2, 0.25) is 0 Å². The van der Waals surface area contributed by atoms with Gasteiger partial charge >= 0.3 is 0 Å². The van der Waals surface area contributed by atoms with Crippen LogP contribution in [0.1, 0.15) is 74.1 Å². The van der Waals surface area contributed by atoms with E-state index in [1.54, 1.807) is 0 Å². The maximum Gasteiger partial charge on any atom is 0.0513 e. The van der Waals surface area contributed by atoms with Crippen LogP contribution in [0.4, 0.5) is 0 Å². The normalized spacial score (nSPS) is 37.2. The first-order valence-corrected chi connectivity index (χ1v) is 10.4. The average Bonchev–Trinajstić information content (AvgIpc) is 2.45. The molecule has 0 amide bonds. The maximum absolute atomic E-state index is 3.80. The van der Waals surface area contributed by atoms with Crippen LogP contribution < -0.4 is 5.32 Å². The third-order valence-electron chi connectivity index (χ3n) is 6.68. The van der Waals surface area contributed by atoms with E-state index in [0.29, 0.717) is 6.04 Å². The van der Waals surface area contributed by atoms with Gasteiger partial charge in [0.05, 0.1) is 6.67 Å². The summed E-state index contributed by atoms with van der Waals surface area (Å²) in [6.07, 6.45) is 4.90. The van der Waals surface area contributed by atoms with E-state index in [9.17, 15) is 0 Å². The maximum atomic E-state index is 3.80. The lowest BCUT2D eigenvalue weighted by molar-refractivity contribution is -0.0242. The molecule has 3 atom stereocenters. The Morgan fingerprint density at radius 1 is 0.880 bits per heavy atom. The Labute approximate surface area is 157 Å². The summed E-state index contributed by atoms with van der Waals surface area (Å²) in [5.41, 5.74) is 0.680.